The summed E-state index contributed by atoms with van der Waals surface area (Å²) in [5.74, 6) is -0.197. The fourth-order valence-electron chi connectivity index (χ4n) is 2.73. The summed E-state index contributed by atoms with van der Waals surface area (Å²) in [5, 5.41) is 2.94. The van der Waals surface area contributed by atoms with Crippen molar-refractivity contribution in [3.63, 3.8) is 0 Å². The van der Waals surface area contributed by atoms with Gasteiger partial charge in [-0.05, 0) is 57.4 Å². The zero-order valence-corrected chi connectivity index (χ0v) is 14.3. The number of hydrogen-bond acceptors (Lipinski definition) is 3. The normalized spacial score (nSPS) is 12.0. The molecule has 0 radical (unpaired) electrons. The first-order chi connectivity index (χ1) is 10.8. The van der Waals surface area contributed by atoms with Crippen molar-refractivity contribution in [2.24, 2.45) is 0 Å². The van der Waals surface area contributed by atoms with Crippen LogP contribution in [0.2, 0.25) is 0 Å². The number of anilines is 1. The van der Waals surface area contributed by atoms with Gasteiger partial charge in [0.15, 0.2) is 0 Å². The number of carbonyl (C=O) groups excluding carboxylic acids is 1. The Morgan fingerprint density at radius 3 is 2.57 bits per heavy atom. The lowest BCUT2D eigenvalue weighted by Gasteiger charge is -2.21. The van der Waals surface area contributed by atoms with E-state index in [0.717, 1.165) is 22.5 Å². The van der Waals surface area contributed by atoms with Crippen LogP contribution in [-0.2, 0) is 4.79 Å². The molecule has 1 amide bonds. The van der Waals surface area contributed by atoms with Crippen LogP contribution < -0.4 is 11.0 Å². The monoisotopic (exact) mass is 313 g/mol. The van der Waals surface area contributed by atoms with Crippen molar-refractivity contribution in [1.29, 1.82) is 0 Å². The largest absolute Gasteiger partial charge is 0.348 e. The Labute approximate surface area is 136 Å². The molecule has 1 N–H and O–H groups in total. The van der Waals surface area contributed by atoms with Gasteiger partial charge in [0.2, 0.25) is 5.91 Å². The van der Waals surface area contributed by atoms with Crippen molar-refractivity contribution in [2.75, 3.05) is 5.32 Å². The van der Waals surface area contributed by atoms with Gasteiger partial charge in [-0.2, -0.15) is 4.98 Å². The number of aromatic nitrogens is 2. The molecule has 1 aromatic carbocycles. The maximum absolute atomic E-state index is 12.7. The van der Waals surface area contributed by atoms with Crippen molar-refractivity contribution in [2.45, 2.75) is 47.1 Å². The summed E-state index contributed by atoms with van der Waals surface area (Å²) in [4.78, 5) is 28.9. The topological polar surface area (TPSA) is 64.0 Å². The fourth-order valence-corrected chi connectivity index (χ4v) is 2.73. The maximum Gasteiger partial charge on any atom is 0.348 e. The summed E-state index contributed by atoms with van der Waals surface area (Å²) in [6, 6.07) is 7.02. The van der Waals surface area contributed by atoms with E-state index < -0.39 is 6.04 Å². The van der Waals surface area contributed by atoms with Gasteiger partial charge in [0.05, 0.1) is 0 Å². The molecule has 1 unspecified atom stereocenters. The Morgan fingerprint density at radius 2 is 1.96 bits per heavy atom. The Morgan fingerprint density at radius 1 is 1.26 bits per heavy atom. The van der Waals surface area contributed by atoms with Gasteiger partial charge in [-0.1, -0.05) is 19.1 Å². The molecule has 23 heavy (non-hydrogen) atoms. The zero-order chi connectivity index (χ0) is 17.1. The first kappa shape index (κ1) is 16.9. The van der Waals surface area contributed by atoms with E-state index in [1.807, 2.05) is 52.0 Å². The van der Waals surface area contributed by atoms with Gasteiger partial charge in [-0.15, -0.1) is 0 Å². The number of nitrogens with zero attached hydrogens (tertiary/aromatic N) is 2. The van der Waals surface area contributed by atoms with E-state index in [1.165, 1.54) is 4.57 Å². The molecule has 2 rings (SSSR count). The van der Waals surface area contributed by atoms with E-state index >= 15 is 0 Å². The van der Waals surface area contributed by atoms with E-state index in [1.54, 1.807) is 6.92 Å². The van der Waals surface area contributed by atoms with Crippen LogP contribution in [0.15, 0.2) is 29.1 Å². The highest BCUT2D eigenvalue weighted by Crippen LogP contribution is 2.21. The SMILES string of the molecule is CCC(C(=O)Nc1cccc(C)c1C)n1c(C)cc(C)nc1=O. The smallest absolute Gasteiger partial charge is 0.324 e. The van der Waals surface area contributed by atoms with Gasteiger partial charge >= 0.3 is 5.69 Å². The third kappa shape index (κ3) is 3.50. The molecule has 0 aliphatic rings. The Hall–Kier alpha value is -2.43. The van der Waals surface area contributed by atoms with Crippen LogP contribution in [0, 0.1) is 27.7 Å². The molecule has 0 fully saturated rings. The van der Waals surface area contributed by atoms with Crippen LogP contribution in [0.3, 0.4) is 0 Å². The Kier molecular flexibility index (Phi) is 4.98. The molecule has 0 spiro atoms. The molecule has 5 nitrogen and oxygen atoms in total. The number of rotatable bonds is 4. The molecule has 0 aliphatic heterocycles. The lowest BCUT2D eigenvalue weighted by Crippen LogP contribution is -2.36. The van der Waals surface area contributed by atoms with Crippen molar-refractivity contribution >= 4 is 11.6 Å². The predicted molar refractivity (Wildman–Crippen MR) is 91.8 cm³/mol. The van der Waals surface area contributed by atoms with Gasteiger partial charge < -0.3 is 5.32 Å². The van der Waals surface area contributed by atoms with Crippen LogP contribution in [0.5, 0.6) is 0 Å². The average Bonchev–Trinajstić information content (AvgIpc) is 2.47. The minimum atomic E-state index is -0.574. The summed E-state index contributed by atoms with van der Waals surface area (Å²) >= 11 is 0. The molecule has 0 bridgehead atoms. The fraction of sp³-hybridized carbons (Fsp3) is 0.389. The number of hydrogen-bond donors (Lipinski definition) is 1. The lowest BCUT2D eigenvalue weighted by molar-refractivity contribution is -0.119. The second-order valence-corrected chi connectivity index (χ2v) is 5.85. The highest BCUT2D eigenvalue weighted by Gasteiger charge is 2.22. The van der Waals surface area contributed by atoms with Crippen LogP contribution in [0.25, 0.3) is 0 Å². The zero-order valence-electron chi connectivity index (χ0n) is 14.3. The van der Waals surface area contributed by atoms with Gasteiger partial charge in [0.1, 0.15) is 6.04 Å². The second kappa shape index (κ2) is 6.77. The summed E-state index contributed by atoms with van der Waals surface area (Å²) in [7, 11) is 0. The molecule has 0 saturated carbocycles. The quantitative estimate of drug-likeness (QED) is 0.943. The number of carbonyl (C=O) groups is 1. The van der Waals surface area contributed by atoms with Gasteiger partial charge in [-0.3, -0.25) is 9.36 Å². The first-order valence-corrected chi connectivity index (χ1v) is 7.79. The highest BCUT2D eigenvalue weighted by atomic mass is 16.2. The van der Waals surface area contributed by atoms with E-state index in [9.17, 15) is 9.59 Å². The van der Waals surface area contributed by atoms with Gasteiger partial charge in [0.25, 0.3) is 0 Å². The molecule has 1 atom stereocenters. The minimum Gasteiger partial charge on any atom is -0.324 e. The summed E-state index contributed by atoms with van der Waals surface area (Å²) in [5.41, 5.74) is 3.94. The number of amides is 1. The molecule has 1 aromatic heterocycles. The van der Waals surface area contributed by atoms with E-state index in [0.29, 0.717) is 12.1 Å². The number of benzene rings is 1. The molecule has 0 aliphatic carbocycles. The molecule has 1 heterocycles. The van der Waals surface area contributed by atoms with Crippen molar-refractivity contribution in [3.8, 4) is 0 Å². The van der Waals surface area contributed by atoms with E-state index in [4.69, 9.17) is 0 Å². The maximum atomic E-state index is 12.7. The summed E-state index contributed by atoms with van der Waals surface area (Å²) in [6.45, 7) is 9.45. The highest BCUT2D eigenvalue weighted by molar-refractivity contribution is 5.94. The van der Waals surface area contributed by atoms with Crippen LogP contribution in [-0.4, -0.2) is 15.5 Å². The Bertz CT molecular complexity index is 793. The standard InChI is InChI=1S/C18H23N3O2/c1-6-16(21-13(4)10-12(3)19-18(21)23)17(22)20-15-9-7-8-11(2)14(15)5/h7-10,16H,6H2,1-5H3,(H,20,22). The lowest BCUT2D eigenvalue weighted by atomic mass is 10.1. The Balaban J connectivity index is 2.37. The van der Waals surface area contributed by atoms with E-state index in [2.05, 4.69) is 10.3 Å². The molecule has 5 heteroatoms. The second-order valence-electron chi connectivity index (χ2n) is 5.85. The number of aryl methyl sites for hydroxylation is 3. The van der Waals surface area contributed by atoms with Crippen LogP contribution in [0.4, 0.5) is 5.69 Å². The van der Waals surface area contributed by atoms with Gasteiger partial charge in [-0.25, -0.2) is 4.79 Å². The molecular formula is C18H23N3O2. The van der Waals surface area contributed by atoms with Crippen molar-refractivity contribution in [1.82, 2.24) is 9.55 Å². The average molecular weight is 313 g/mol. The van der Waals surface area contributed by atoms with Crippen molar-refractivity contribution in [3.05, 3.63) is 57.3 Å². The molecule has 122 valence electrons. The third-order valence-electron chi connectivity index (χ3n) is 4.14. The van der Waals surface area contributed by atoms with Crippen LogP contribution >= 0.6 is 0 Å². The minimum absolute atomic E-state index is 0.197. The summed E-state index contributed by atoms with van der Waals surface area (Å²) < 4.78 is 1.47. The molecule has 2 aromatic rings. The molecular weight excluding hydrogens is 290 g/mol. The first-order valence-electron chi connectivity index (χ1n) is 7.79. The van der Waals surface area contributed by atoms with Gasteiger partial charge in [0, 0.05) is 17.1 Å². The van der Waals surface area contributed by atoms with E-state index in [-0.39, 0.29) is 11.6 Å². The van der Waals surface area contributed by atoms with Crippen LogP contribution in [0.1, 0.15) is 41.9 Å². The molecule has 0 saturated heterocycles. The number of nitrogens with one attached hydrogen (secondary N) is 1. The predicted octanol–water partition coefficient (Wildman–Crippen LogP) is 3.07. The third-order valence-corrected chi connectivity index (χ3v) is 4.14. The van der Waals surface area contributed by atoms with Crippen molar-refractivity contribution < 1.29 is 4.79 Å². The summed E-state index contributed by atoms with van der Waals surface area (Å²) in [6.07, 6.45) is 0.516.